The molecular formula is C28H32N4O5S2. The molecule has 2 aromatic carbocycles. The number of benzene rings is 2. The Kier molecular flexibility index (Phi) is 9.16. The van der Waals surface area contributed by atoms with Crippen molar-refractivity contribution in [2.75, 3.05) is 32.2 Å². The summed E-state index contributed by atoms with van der Waals surface area (Å²) in [5.41, 5.74) is 1.75. The molecule has 0 bridgehead atoms. The standard InChI is InChI=1S/C28H32N4O5S2/c1-5-16-31(17-6-2)39(34,35)22-11-9-21(10-12-22)27(33)32(19-20-8-7-15-29-18-20)28-30-25-23(36-3)13-14-24(37-4)26(25)38-28/h7-15,18H,5-6,16-17,19H2,1-4H3. The van der Waals surface area contributed by atoms with Crippen molar-refractivity contribution in [2.24, 2.45) is 0 Å². The number of pyridine rings is 1. The second kappa shape index (κ2) is 12.5. The van der Waals surface area contributed by atoms with Gasteiger partial charge in [-0.3, -0.25) is 14.7 Å². The van der Waals surface area contributed by atoms with Crippen LogP contribution in [0.3, 0.4) is 0 Å². The highest BCUT2D eigenvalue weighted by Gasteiger charge is 2.26. The first-order valence-electron chi connectivity index (χ1n) is 12.7. The number of nitrogens with zero attached hydrogens (tertiary/aromatic N) is 4. The lowest BCUT2D eigenvalue weighted by Gasteiger charge is -2.22. The molecule has 4 aromatic rings. The summed E-state index contributed by atoms with van der Waals surface area (Å²) in [6.07, 6.45) is 4.80. The van der Waals surface area contributed by atoms with Crippen LogP contribution >= 0.6 is 11.3 Å². The van der Waals surface area contributed by atoms with Crippen molar-refractivity contribution in [3.8, 4) is 11.5 Å². The van der Waals surface area contributed by atoms with E-state index in [0.717, 1.165) is 23.1 Å². The Morgan fingerprint density at radius 2 is 1.62 bits per heavy atom. The third-order valence-corrected chi connectivity index (χ3v) is 9.13. The monoisotopic (exact) mass is 568 g/mol. The number of aromatic nitrogens is 2. The summed E-state index contributed by atoms with van der Waals surface area (Å²) in [7, 11) is -0.513. The molecule has 2 aromatic heterocycles. The smallest absolute Gasteiger partial charge is 0.260 e. The minimum absolute atomic E-state index is 0.161. The number of hydrogen-bond acceptors (Lipinski definition) is 8. The number of hydrogen-bond donors (Lipinski definition) is 0. The zero-order valence-electron chi connectivity index (χ0n) is 22.5. The third kappa shape index (κ3) is 6.05. The highest BCUT2D eigenvalue weighted by Crippen LogP contribution is 2.40. The molecule has 0 aliphatic heterocycles. The van der Waals surface area contributed by atoms with Gasteiger partial charge in [0.25, 0.3) is 5.91 Å². The normalized spacial score (nSPS) is 11.6. The van der Waals surface area contributed by atoms with Gasteiger partial charge in [-0.1, -0.05) is 31.3 Å². The molecule has 0 unspecified atom stereocenters. The molecule has 4 rings (SSSR count). The summed E-state index contributed by atoms with van der Waals surface area (Å²) in [5, 5.41) is 0.454. The Bertz CT molecular complexity index is 1480. The van der Waals surface area contributed by atoms with Crippen molar-refractivity contribution >= 4 is 42.6 Å². The van der Waals surface area contributed by atoms with E-state index in [1.807, 2.05) is 19.9 Å². The largest absolute Gasteiger partial charge is 0.495 e. The average molecular weight is 569 g/mol. The average Bonchev–Trinajstić information content (AvgIpc) is 3.41. The Hall–Kier alpha value is -3.54. The summed E-state index contributed by atoms with van der Waals surface area (Å²) < 4.78 is 39.7. The van der Waals surface area contributed by atoms with E-state index >= 15 is 0 Å². The lowest BCUT2D eigenvalue weighted by atomic mass is 10.2. The maximum Gasteiger partial charge on any atom is 0.260 e. The van der Waals surface area contributed by atoms with Crippen molar-refractivity contribution in [1.29, 1.82) is 0 Å². The van der Waals surface area contributed by atoms with E-state index in [4.69, 9.17) is 14.5 Å². The van der Waals surface area contributed by atoms with Crippen LogP contribution in [0.1, 0.15) is 42.6 Å². The van der Waals surface area contributed by atoms with E-state index in [1.165, 1.54) is 27.8 Å². The van der Waals surface area contributed by atoms with Crippen LogP contribution in [0.4, 0.5) is 5.13 Å². The van der Waals surface area contributed by atoms with E-state index in [1.54, 1.807) is 61.8 Å². The Morgan fingerprint density at radius 3 is 2.21 bits per heavy atom. The van der Waals surface area contributed by atoms with Crippen LogP contribution in [-0.4, -0.2) is 55.9 Å². The van der Waals surface area contributed by atoms with Crippen molar-refractivity contribution in [2.45, 2.75) is 38.1 Å². The van der Waals surface area contributed by atoms with E-state index in [0.29, 0.717) is 40.8 Å². The van der Waals surface area contributed by atoms with Crippen LogP contribution in [0.5, 0.6) is 11.5 Å². The predicted molar refractivity (Wildman–Crippen MR) is 153 cm³/mol. The van der Waals surface area contributed by atoms with Crippen LogP contribution in [0.15, 0.2) is 65.8 Å². The van der Waals surface area contributed by atoms with Crippen LogP contribution < -0.4 is 14.4 Å². The maximum absolute atomic E-state index is 13.9. The molecule has 0 spiro atoms. The molecule has 1 amide bonds. The number of rotatable bonds is 12. The van der Waals surface area contributed by atoms with Gasteiger partial charge in [-0.2, -0.15) is 4.31 Å². The van der Waals surface area contributed by atoms with Crippen LogP contribution in [0.2, 0.25) is 0 Å². The predicted octanol–water partition coefficient (Wildman–Crippen LogP) is 5.37. The van der Waals surface area contributed by atoms with Gasteiger partial charge >= 0.3 is 0 Å². The van der Waals surface area contributed by atoms with Gasteiger partial charge in [0.2, 0.25) is 10.0 Å². The van der Waals surface area contributed by atoms with Gasteiger partial charge in [0.1, 0.15) is 21.7 Å². The number of fused-ring (bicyclic) bond motifs is 1. The number of thiazole rings is 1. The molecule has 0 N–H and O–H groups in total. The summed E-state index contributed by atoms with van der Waals surface area (Å²) in [4.78, 5) is 24.5. The van der Waals surface area contributed by atoms with E-state index < -0.39 is 10.0 Å². The second-order valence-electron chi connectivity index (χ2n) is 8.83. The Morgan fingerprint density at radius 1 is 0.949 bits per heavy atom. The summed E-state index contributed by atoms with van der Waals surface area (Å²) >= 11 is 1.32. The third-order valence-electron chi connectivity index (χ3n) is 6.12. The van der Waals surface area contributed by atoms with Crippen molar-refractivity contribution in [1.82, 2.24) is 14.3 Å². The lowest BCUT2D eigenvalue weighted by molar-refractivity contribution is 0.0985. The molecule has 11 heteroatoms. The molecule has 0 radical (unpaired) electrons. The SMILES string of the molecule is CCCN(CCC)S(=O)(=O)c1ccc(C(=O)N(Cc2cccnc2)c2nc3c(OC)ccc(OC)c3s2)cc1. The van der Waals surface area contributed by atoms with E-state index in [-0.39, 0.29) is 17.3 Å². The first-order valence-corrected chi connectivity index (χ1v) is 14.9. The molecule has 0 aliphatic rings. The number of sulfonamides is 1. The molecule has 2 heterocycles. The lowest BCUT2D eigenvalue weighted by Crippen LogP contribution is -2.33. The molecule has 206 valence electrons. The fourth-order valence-corrected chi connectivity index (χ4v) is 6.91. The summed E-state index contributed by atoms with van der Waals surface area (Å²) in [6, 6.07) is 13.4. The molecule has 0 fully saturated rings. The zero-order valence-corrected chi connectivity index (χ0v) is 24.1. The number of amides is 1. The number of carbonyl (C=O) groups is 1. The van der Waals surface area contributed by atoms with Gasteiger partial charge in [0.05, 0.1) is 25.7 Å². The first-order chi connectivity index (χ1) is 18.8. The number of ether oxygens (including phenoxy) is 2. The van der Waals surface area contributed by atoms with Crippen LogP contribution in [0.25, 0.3) is 10.2 Å². The molecule has 0 saturated heterocycles. The van der Waals surface area contributed by atoms with Gasteiger partial charge in [0, 0.05) is 31.0 Å². The minimum Gasteiger partial charge on any atom is -0.495 e. The maximum atomic E-state index is 13.9. The van der Waals surface area contributed by atoms with E-state index in [2.05, 4.69) is 4.98 Å². The molecule has 0 atom stereocenters. The fourth-order valence-electron chi connectivity index (χ4n) is 4.22. The molecule has 9 nitrogen and oxygen atoms in total. The minimum atomic E-state index is -3.66. The highest BCUT2D eigenvalue weighted by molar-refractivity contribution is 7.89. The van der Waals surface area contributed by atoms with Crippen molar-refractivity contribution < 1.29 is 22.7 Å². The summed E-state index contributed by atoms with van der Waals surface area (Å²) in [5.74, 6) is 0.876. The molecule has 39 heavy (non-hydrogen) atoms. The van der Waals surface area contributed by atoms with Crippen LogP contribution in [-0.2, 0) is 16.6 Å². The highest BCUT2D eigenvalue weighted by atomic mass is 32.2. The topological polar surface area (TPSA) is 102 Å². The van der Waals surface area contributed by atoms with Crippen LogP contribution in [0, 0.1) is 0 Å². The van der Waals surface area contributed by atoms with Gasteiger partial charge in [-0.15, -0.1) is 0 Å². The van der Waals surface area contributed by atoms with Gasteiger partial charge in [0.15, 0.2) is 5.13 Å². The number of anilines is 1. The van der Waals surface area contributed by atoms with Gasteiger partial charge in [-0.25, -0.2) is 13.4 Å². The molecule has 0 saturated carbocycles. The quantitative estimate of drug-likeness (QED) is 0.227. The van der Waals surface area contributed by atoms with E-state index in [9.17, 15) is 13.2 Å². The zero-order chi connectivity index (χ0) is 28.0. The summed E-state index contributed by atoms with van der Waals surface area (Å²) in [6.45, 7) is 5.01. The van der Waals surface area contributed by atoms with Gasteiger partial charge in [-0.05, 0) is 60.9 Å². The fraction of sp³-hybridized carbons (Fsp3) is 0.321. The Labute approximate surface area is 233 Å². The number of methoxy groups -OCH3 is 2. The van der Waals surface area contributed by atoms with Gasteiger partial charge < -0.3 is 9.47 Å². The Balaban J connectivity index is 1.73. The molecule has 0 aliphatic carbocycles. The van der Waals surface area contributed by atoms with Crippen molar-refractivity contribution in [3.63, 3.8) is 0 Å². The number of carbonyl (C=O) groups excluding carboxylic acids is 1. The van der Waals surface area contributed by atoms with Crippen molar-refractivity contribution in [3.05, 3.63) is 72.1 Å². The molecular weight excluding hydrogens is 536 g/mol. The second-order valence-corrected chi connectivity index (χ2v) is 11.7. The first kappa shape index (κ1) is 28.5.